The van der Waals surface area contributed by atoms with Gasteiger partial charge in [0, 0.05) is 5.69 Å². The molecule has 0 spiro atoms. The zero-order chi connectivity index (χ0) is 21.6. The fraction of sp³-hybridized carbons (Fsp3) is 0.409. The maximum absolute atomic E-state index is 12.4. The predicted octanol–water partition coefficient (Wildman–Crippen LogP) is 3.40. The summed E-state index contributed by atoms with van der Waals surface area (Å²) in [4.78, 5) is 39.4. The number of aryl methyl sites for hydroxylation is 2. The van der Waals surface area contributed by atoms with E-state index in [-0.39, 0.29) is 18.3 Å². The fourth-order valence-corrected chi connectivity index (χ4v) is 3.08. The van der Waals surface area contributed by atoms with Gasteiger partial charge in [0.15, 0.2) is 6.61 Å². The first-order valence-corrected chi connectivity index (χ1v) is 9.70. The highest BCUT2D eigenvalue weighted by Crippen LogP contribution is 2.20. The Balaban J connectivity index is 1.95. The van der Waals surface area contributed by atoms with Crippen molar-refractivity contribution in [1.29, 1.82) is 0 Å². The van der Waals surface area contributed by atoms with Crippen LogP contribution in [-0.4, -0.2) is 36.0 Å². The van der Waals surface area contributed by atoms with Gasteiger partial charge in [0.25, 0.3) is 5.91 Å². The van der Waals surface area contributed by atoms with Crippen LogP contribution in [0.15, 0.2) is 24.3 Å². The normalized spacial score (nSPS) is 11.6. The molecule has 1 amide bonds. The second-order valence-electron chi connectivity index (χ2n) is 6.81. The van der Waals surface area contributed by atoms with E-state index in [4.69, 9.17) is 9.47 Å². The maximum Gasteiger partial charge on any atom is 0.355 e. The number of hydrogen-bond donors (Lipinski definition) is 2. The lowest BCUT2D eigenvalue weighted by Gasteiger charge is -2.15. The Kier molecular flexibility index (Phi) is 7.59. The molecule has 0 saturated carbocycles. The number of H-pyrrole nitrogens is 1. The second-order valence-corrected chi connectivity index (χ2v) is 6.81. The summed E-state index contributed by atoms with van der Waals surface area (Å²) in [5.74, 6) is -1.60. The molecule has 7 heteroatoms. The summed E-state index contributed by atoms with van der Waals surface area (Å²) in [6.07, 6.45) is 0.951. The van der Waals surface area contributed by atoms with Gasteiger partial charge in [-0.3, -0.25) is 4.79 Å². The molecule has 0 aliphatic carbocycles. The van der Waals surface area contributed by atoms with Crippen molar-refractivity contribution in [3.63, 3.8) is 0 Å². The van der Waals surface area contributed by atoms with Crippen LogP contribution in [0.5, 0.6) is 0 Å². The molecule has 0 radical (unpaired) electrons. The molecule has 0 unspecified atom stereocenters. The number of aromatic nitrogens is 1. The van der Waals surface area contributed by atoms with Gasteiger partial charge in [-0.1, -0.05) is 31.2 Å². The van der Waals surface area contributed by atoms with Crippen LogP contribution < -0.4 is 5.32 Å². The van der Waals surface area contributed by atoms with Crippen LogP contribution in [-0.2, 0) is 20.7 Å². The maximum atomic E-state index is 12.4. The summed E-state index contributed by atoms with van der Waals surface area (Å²) in [5, 5.41) is 2.81. The molecule has 1 atom stereocenters. The minimum Gasteiger partial charge on any atom is -0.462 e. The van der Waals surface area contributed by atoms with Gasteiger partial charge in [-0.25, -0.2) is 9.59 Å². The third-order valence-electron chi connectivity index (χ3n) is 4.72. The highest BCUT2D eigenvalue weighted by molar-refractivity contribution is 5.99. The molecular weight excluding hydrogens is 372 g/mol. The zero-order valence-electron chi connectivity index (χ0n) is 17.5. The molecule has 7 nitrogen and oxygen atoms in total. The molecule has 0 aliphatic rings. The van der Waals surface area contributed by atoms with Gasteiger partial charge < -0.3 is 19.8 Å². The largest absolute Gasteiger partial charge is 0.462 e. The number of esters is 2. The third-order valence-corrected chi connectivity index (χ3v) is 4.72. The number of nitrogens with one attached hydrogen (secondary N) is 2. The number of hydrogen-bond acceptors (Lipinski definition) is 5. The quantitative estimate of drug-likeness (QED) is 0.662. The molecule has 0 fully saturated rings. The Bertz CT molecular complexity index is 883. The summed E-state index contributed by atoms with van der Waals surface area (Å²) < 4.78 is 10.1. The first kappa shape index (κ1) is 22.2. The molecule has 0 bridgehead atoms. The molecule has 29 heavy (non-hydrogen) atoms. The monoisotopic (exact) mass is 400 g/mol. The van der Waals surface area contributed by atoms with E-state index < -0.39 is 24.5 Å². The summed E-state index contributed by atoms with van der Waals surface area (Å²) in [6, 6.07) is 7.78. The van der Waals surface area contributed by atoms with Crippen molar-refractivity contribution in [3.8, 4) is 0 Å². The van der Waals surface area contributed by atoms with Crippen molar-refractivity contribution in [1.82, 2.24) is 10.3 Å². The third kappa shape index (κ3) is 5.47. The Hall–Kier alpha value is -3.09. The van der Waals surface area contributed by atoms with E-state index in [0.717, 1.165) is 12.0 Å². The number of carbonyl (C=O) groups excluding carboxylic acids is 3. The van der Waals surface area contributed by atoms with Crippen molar-refractivity contribution in [2.45, 2.75) is 47.1 Å². The Morgan fingerprint density at radius 1 is 1.03 bits per heavy atom. The van der Waals surface area contributed by atoms with Crippen LogP contribution in [0.3, 0.4) is 0 Å². The standard InChI is InChI=1S/C22H28N2O5/c1-6-16-8-10-17(11-9-16)14(4)23-18(25)12-29-22(27)20-13(3)19(15(5)24-20)21(26)28-7-2/h8-11,14,24H,6-7,12H2,1-5H3,(H,23,25)/t14-/m1/s1. The van der Waals surface area contributed by atoms with Gasteiger partial charge in [-0.05, 0) is 50.8 Å². The predicted molar refractivity (Wildman–Crippen MR) is 109 cm³/mol. The highest BCUT2D eigenvalue weighted by atomic mass is 16.5. The van der Waals surface area contributed by atoms with Crippen LogP contribution in [0.2, 0.25) is 0 Å². The Labute approximate surface area is 170 Å². The highest BCUT2D eigenvalue weighted by Gasteiger charge is 2.24. The fourth-order valence-electron chi connectivity index (χ4n) is 3.08. The summed E-state index contributed by atoms with van der Waals surface area (Å²) >= 11 is 0. The van der Waals surface area contributed by atoms with E-state index in [1.165, 1.54) is 5.56 Å². The van der Waals surface area contributed by atoms with Gasteiger partial charge in [0.05, 0.1) is 18.2 Å². The summed E-state index contributed by atoms with van der Waals surface area (Å²) in [5.41, 5.74) is 3.60. The topological polar surface area (TPSA) is 97.5 Å². The Morgan fingerprint density at radius 2 is 1.69 bits per heavy atom. The van der Waals surface area contributed by atoms with E-state index in [2.05, 4.69) is 17.2 Å². The number of ether oxygens (including phenoxy) is 2. The van der Waals surface area contributed by atoms with Crippen molar-refractivity contribution >= 4 is 17.8 Å². The number of benzene rings is 1. The second kappa shape index (κ2) is 9.91. The number of amides is 1. The van der Waals surface area contributed by atoms with Crippen LogP contribution in [0.1, 0.15) is 70.0 Å². The molecule has 1 aromatic heterocycles. The van der Waals surface area contributed by atoms with Crippen molar-refractivity contribution in [2.75, 3.05) is 13.2 Å². The van der Waals surface area contributed by atoms with Gasteiger partial charge >= 0.3 is 11.9 Å². The van der Waals surface area contributed by atoms with Crippen molar-refractivity contribution in [3.05, 3.63) is 57.9 Å². The lowest BCUT2D eigenvalue weighted by Crippen LogP contribution is -2.31. The van der Waals surface area contributed by atoms with Gasteiger partial charge in [0.1, 0.15) is 5.69 Å². The minimum absolute atomic E-state index is 0.140. The summed E-state index contributed by atoms with van der Waals surface area (Å²) in [6.45, 7) is 8.79. The van der Waals surface area contributed by atoms with Gasteiger partial charge in [-0.2, -0.15) is 0 Å². The molecule has 2 aromatic rings. The van der Waals surface area contributed by atoms with Gasteiger partial charge in [0.2, 0.25) is 0 Å². The SMILES string of the molecule is CCOC(=O)c1c(C)[nH]c(C(=O)OCC(=O)N[C@H](C)c2ccc(CC)cc2)c1C. The number of rotatable bonds is 8. The first-order valence-electron chi connectivity index (χ1n) is 9.70. The first-order chi connectivity index (χ1) is 13.8. The lowest BCUT2D eigenvalue weighted by atomic mass is 10.1. The lowest BCUT2D eigenvalue weighted by molar-refractivity contribution is -0.124. The van der Waals surface area contributed by atoms with Crippen LogP contribution in [0.25, 0.3) is 0 Å². The molecule has 2 rings (SSSR count). The average Bonchev–Trinajstić information content (AvgIpc) is 3.00. The smallest absolute Gasteiger partial charge is 0.355 e. The molecular formula is C22H28N2O5. The Morgan fingerprint density at radius 3 is 2.28 bits per heavy atom. The van der Waals surface area contributed by atoms with Gasteiger partial charge in [-0.15, -0.1) is 0 Å². The molecule has 156 valence electrons. The van der Waals surface area contributed by atoms with Crippen LogP contribution in [0, 0.1) is 13.8 Å². The van der Waals surface area contributed by atoms with E-state index in [1.807, 2.05) is 31.2 Å². The van der Waals surface area contributed by atoms with E-state index >= 15 is 0 Å². The molecule has 0 saturated heterocycles. The molecule has 1 heterocycles. The molecule has 0 aliphatic heterocycles. The van der Waals surface area contributed by atoms with E-state index in [9.17, 15) is 14.4 Å². The zero-order valence-corrected chi connectivity index (χ0v) is 17.5. The minimum atomic E-state index is -0.698. The van der Waals surface area contributed by atoms with E-state index in [1.54, 1.807) is 20.8 Å². The van der Waals surface area contributed by atoms with Crippen LogP contribution in [0.4, 0.5) is 0 Å². The van der Waals surface area contributed by atoms with Crippen LogP contribution >= 0.6 is 0 Å². The number of aromatic amines is 1. The molecule has 2 N–H and O–H groups in total. The molecule has 1 aromatic carbocycles. The van der Waals surface area contributed by atoms with Crippen molar-refractivity contribution < 1.29 is 23.9 Å². The average molecular weight is 400 g/mol. The van der Waals surface area contributed by atoms with E-state index in [0.29, 0.717) is 16.8 Å². The summed E-state index contributed by atoms with van der Waals surface area (Å²) in [7, 11) is 0. The van der Waals surface area contributed by atoms with Crippen molar-refractivity contribution in [2.24, 2.45) is 0 Å². The number of carbonyl (C=O) groups is 3.